The summed E-state index contributed by atoms with van der Waals surface area (Å²) < 4.78 is 0. The highest BCUT2D eigenvalue weighted by Gasteiger charge is 2.27. The Balaban J connectivity index is 2.13. The zero-order valence-corrected chi connectivity index (χ0v) is 10.4. The van der Waals surface area contributed by atoms with E-state index in [-0.39, 0.29) is 6.61 Å². The minimum Gasteiger partial charge on any atom is -0.396 e. The second-order valence-corrected chi connectivity index (χ2v) is 4.57. The topological polar surface area (TPSA) is 70.1 Å². The third-order valence-corrected chi connectivity index (χ3v) is 3.54. The molecule has 2 rings (SSSR count). The molecule has 2 atom stereocenters. The van der Waals surface area contributed by atoms with Crippen LogP contribution in [0.2, 0.25) is 0 Å². The summed E-state index contributed by atoms with van der Waals surface area (Å²) in [6.45, 7) is 2.25. The number of hydrogen-bond donors (Lipinski definition) is 3. The molecule has 0 aromatic carbocycles. The Kier molecular flexibility index (Phi) is 3.78. The van der Waals surface area contributed by atoms with Crippen molar-refractivity contribution in [1.29, 1.82) is 0 Å². The molecular weight excluding hydrogens is 216 g/mol. The largest absolute Gasteiger partial charge is 0.396 e. The predicted molar refractivity (Wildman–Crippen MR) is 68.2 cm³/mol. The summed E-state index contributed by atoms with van der Waals surface area (Å²) >= 11 is 0. The van der Waals surface area contributed by atoms with Gasteiger partial charge in [0, 0.05) is 31.2 Å². The smallest absolute Gasteiger partial charge is 0.134 e. The van der Waals surface area contributed by atoms with Gasteiger partial charge >= 0.3 is 0 Å². The number of hydrogen-bond acceptors (Lipinski definition) is 5. The third kappa shape index (κ3) is 2.49. The summed E-state index contributed by atoms with van der Waals surface area (Å²) in [4.78, 5) is 8.43. The van der Waals surface area contributed by atoms with Crippen LogP contribution in [0.3, 0.4) is 0 Å². The first-order chi connectivity index (χ1) is 8.26. The van der Waals surface area contributed by atoms with Gasteiger partial charge in [-0.2, -0.15) is 0 Å². The van der Waals surface area contributed by atoms with Gasteiger partial charge in [-0.25, -0.2) is 9.97 Å². The van der Waals surface area contributed by atoms with E-state index >= 15 is 0 Å². The van der Waals surface area contributed by atoms with Crippen molar-refractivity contribution in [2.45, 2.75) is 32.2 Å². The number of nitrogens with one attached hydrogen (secondary N) is 2. The van der Waals surface area contributed by atoms with Gasteiger partial charge in [-0.3, -0.25) is 0 Å². The molecule has 2 unspecified atom stereocenters. The van der Waals surface area contributed by atoms with Crippen molar-refractivity contribution >= 4 is 11.6 Å². The van der Waals surface area contributed by atoms with Crippen molar-refractivity contribution in [3.05, 3.63) is 11.9 Å². The maximum atomic E-state index is 9.30. The monoisotopic (exact) mass is 236 g/mol. The Labute approximate surface area is 102 Å². The Morgan fingerprint density at radius 3 is 2.82 bits per heavy atom. The summed E-state index contributed by atoms with van der Waals surface area (Å²) in [5.74, 6) is 2.07. The molecule has 0 radical (unpaired) electrons. The molecule has 1 aromatic heterocycles. The fraction of sp³-hybridized carbons (Fsp3) is 0.667. The standard InChI is InChI=1S/C12H20N4O/c1-8-11(13-2)14-7-15-12(8)16-10-5-3-4-9(10)6-17/h7,9-10,17H,3-6H2,1-2H3,(H2,13,14,15,16). The van der Waals surface area contributed by atoms with E-state index in [9.17, 15) is 5.11 Å². The van der Waals surface area contributed by atoms with E-state index in [0.717, 1.165) is 30.0 Å². The van der Waals surface area contributed by atoms with Crippen LogP contribution < -0.4 is 10.6 Å². The number of rotatable bonds is 4. The van der Waals surface area contributed by atoms with Gasteiger partial charge in [-0.15, -0.1) is 0 Å². The summed E-state index contributed by atoms with van der Waals surface area (Å²) in [7, 11) is 1.85. The SMILES string of the molecule is CNc1ncnc(NC2CCCC2CO)c1C. The van der Waals surface area contributed by atoms with Gasteiger partial charge in [0.25, 0.3) is 0 Å². The number of anilines is 2. The quantitative estimate of drug-likeness (QED) is 0.737. The van der Waals surface area contributed by atoms with E-state index in [0.29, 0.717) is 12.0 Å². The zero-order valence-electron chi connectivity index (χ0n) is 10.4. The molecule has 17 heavy (non-hydrogen) atoms. The first kappa shape index (κ1) is 12.1. The molecule has 0 aliphatic heterocycles. The van der Waals surface area contributed by atoms with Gasteiger partial charge in [0.2, 0.25) is 0 Å². The molecule has 1 heterocycles. The summed E-state index contributed by atoms with van der Waals surface area (Å²) in [6, 6.07) is 0.332. The van der Waals surface area contributed by atoms with E-state index in [1.54, 1.807) is 6.33 Å². The van der Waals surface area contributed by atoms with E-state index in [1.807, 2.05) is 14.0 Å². The van der Waals surface area contributed by atoms with Crippen molar-refractivity contribution in [3.63, 3.8) is 0 Å². The minimum atomic E-state index is 0.251. The van der Waals surface area contributed by atoms with Gasteiger partial charge < -0.3 is 15.7 Å². The van der Waals surface area contributed by atoms with Gasteiger partial charge in [-0.05, 0) is 19.8 Å². The highest BCUT2D eigenvalue weighted by molar-refractivity contribution is 5.56. The van der Waals surface area contributed by atoms with Crippen molar-refractivity contribution in [1.82, 2.24) is 9.97 Å². The summed E-state index contributed by atoms with van der Waals surface area (Å²) in [6.07, 6.45) is 4.93. The van der Waals surface area contributed by atoms with E-state index in [1.165, 1.54) is 6.42 Å². The van der Waals surface area contributed by atoms with E-state index in [4.69, 9.17) is 0 Å². The minimum absolute atomic E-state index is 0.251. The van der Waals surface area contributed by atoms with Gasteiger partial charge in [0.15, 0.2) is 0 Å². The second-order valence-electron chi connectivity index (χ2n) is 4.57. The molecule has 0 amide bonds. The Bertz CT molecular complexity index is 383. The molecule has 1 aliphatic carbocycles. The van der Waals surface area contributed by atoms with Crippen LogP contribution in [-0.2, 0) is 0 Å². The van der Waals surface area contributed by atoms with Gasteiger partial charge in [0.1, 0.15) is 18.0 Å². The van der Waals surface area contributed by atoms with E-state index < -0.39 is 0 Å². The first-order valence-corrected chi connectivity index (χ1v) is 6.13. The molecular formula is C12H20N4O. The third-order valence-electron chi connectivity index (χ3n) is 3.54. The molecule has 0 saturated heterocycles. The Morgan fingerprint density at radius 2 is 2.12 bits per heavy atom. The lowest BCUT2D eigenvalue weighted by atomic mass is 10.1. The van der Waals surface area contributed by atoms with Crippen LogP contribution in [0.5, 0.6) is 0 Å². The van der Waals surface area contributed by atoms with Crippen LogP contribution in [0.15, 0.2) is 6.33 Å². The normalized spacial score (nSPS) is 23.7. The molecule has 1 saturated carbocycles. The molecule has 5 nitrogen and oxygen atoms in total. The lowest BCUT2D eigenvalue weighted by Crippen LogP contribution is -2.27. The highest BCUT2D eigenvalue weighted by Crippen LogP contribution is 2.29. The van der Waals surface area contributed by atoms with Crippen LogP contribution in [0, 0.1) is 12.8 Å². The summed E-state index contributed by atoms with van der Waals surface area (Å²) in [5.41, 5.74) is 1.03. The molecule has 3 N–H and O–H groups in total. The molecule has 94 valence electrons. The van der Waals surface area contributed by atoms with Crippen molar-refractivity contribution in [3.8, 4) is 0 Å². The molecule has 1 fully saturated rings. The average molecular weight is 236 g/mol. The van der Waals surface area contributed by atoms with Crippen LogP contribution in [0.1, 0.15) is 24.8 Å². The maximum absolute atomic E-state index is 9.30. The maximum Gasteiger partial charge on any atom is 0.134 e. The van der Waals surface area contributed by atoms with Crippen LogP contribution >= 0.6 is 0 Å². The van der Waals surface area contributed by atoms with Crippen molar-refractivity contribution in [2.75, 3.05) is 24.3 Å². The zero-order chi connectivity index (χ0) is 12.3. The van der Waals surface area contributed by atoms with Gasteiger partial charge in [0.05, 0.1) is 0 Å². The number of aliphatic hydroxyl groups is 1. The highest BCUT2D eigenvalue weighted by atomic mass is 16.3. The van der Waals surface area contributed by atoms with Crippen LogP contribution in [-0.4, -0.2) is 34.8 Å². The molecule has 1 aliphatic rings. The Morgan fingerprint density at radius 1 is 1.35 bits per heavy atom. The average Bonchev–Trinajstić information content (AvgIpc) is 2.79. The van der Waals surface area contributed by atoms with Crippen LogP contribution in [0.25, 0.3) is 0 Å². The fourth-order valence-electron chi connectivity index (χ4n) is 2.47. The number of aliphatic hydroxyl groups excluding tert-OH is 1. The second kappa shape index (κ2) is 5.31. The Hall–Kier alpha value is -1.36. The predicted octanol–water partition coefficient (Wildman–Crippen LogP) is 1.40. The molecule has 5 heteroatoms. The molecule has 0 bridgehead atoms. The number of aromatic nitrogens is 2. The molecule has 0 spiro atoms. The number of nitrogens with zero attached hydrogens (tertiary/aromatic N) is 2. The first-order valence-electron chi connectivity index (χ1n) is 6.13. The van der Waals surface area contributed by atoms with E-state index in [2.05, 4.69) is 20.6 Å². The van der Waals surface area contributed by atoms with Crippen molar-refractivity contribution < 1.29 is 5.11 Å². The fourth-order valence-corrected chi connectivity index (χ4v) is 2.47. The molecule has 1 aromatic rings. The lowest BCUT2D eigenvalue weighted by molar-refractivity contribution is 0.222. The van der Waals surface area contributed by atoms with Crippen molar-refractivity contribution in [2.24, 2.45) is 5.92 Å². The van der Waals surface area contributed by atoms with Crippen LogP contribution in [0.4, 0.5) is 11.6 Å². The van der Waals surface area contributed by atoms with Gasteiger partial charge in [-0.1, -0.05) is 6.42 Å². The summed E-state index contributed by atoms with van der Waals surface area (Å²) in [5, 5.41) is 15.8. The lowest BCUT2D eigenvalue weighted by Gasteiger charge is -2.21.